The van der Waals surface area contributed by atoms with Crippen LogP contribution >= 0.6 is 0 Å². The number of hydrogen-bond acceptors (Lipinski definition) is 5. The molecule has 6 heteroatoms. The molecule has 1 aromatic carbocycles. The van der Waals surface area contributed by atoms with Gasteiger partial charge < -0.3 is 19.5 Å². The quantitative estimate of drug-likeness (QED) is 0.728. The van der Waals surface area contributed by atoms with Crippen molar-refractivity contribution in [2.24, 2.45) is 5.92 Å². The molecule has 1 atom stereocenters. The van der Waals surface area contributed by atoms with Crippen molar-refractivity contribution in [3.05, 3.63) is 23.8 Å². The molecule has 0 aliphatic carbocycles. The molecule has 1 saturated heterocycles. The molecular formula is C20H32N2O4. The first kappa shape index (κ1) is 20.5. The van der Waals surface area contributed by atoms with Crippen LogP contribution < -0.4 is 14.8 Å². The van der Waals surface area contributed by atoms with Crippen molar-refractivity contribution in [1.29, 1.82) is 0 Å². The van der Waals surface area contributed by atoms with Crippen molar-refractivity contribution in [2.75, 3.05) is 46.6 Å². The lowest BCUT2D eigenvalue weighted by Gasteiger charge is -2.35. The molecule has 26 heavy (non-hydrogen) atoms. The Morgan fingerprint density at radius 3 is 2.65 bits per heavy atom. The van der Waals surface area contributed by atoms with Gasteiger partial charge in [0.25, 0.3) is 5.91 Å². The van der Waals surface area contributed by atoms with E-state index in [9.17, 15) is 4.79 Å². The van der Waals surface area contributed by atoms with Gasteiger partial charge in [0.1, 0.15) is 0 Å². The Balaban J connectivity index is 1.83. The van der Waals surface area contributed by atoms with E-state index < -0.39 is 0 Å². The minimum Gasteiger partial charge on any atom is -0.493 e. The third kappa shape index (κ3) is 6.50. The number of rotatable bonds is 9. The molecule has 1 fully saturated rings. The molecule has 6 nitrogen and oxygen atoms in total. The van der Waals surface area contributed by atoms with Crippen molar-refractivity contribution in [1.82, 2.24) is 10.2 Å². The summed E-state index contributed by atoms with van der Waals surface area (Å²) < 4.78 is 16.4. The summed E-state index contributed by atoms with van der Waals surface area (Å²) in [5.41, 5.74) is 1.08. The predicted molar refractivity (Wildman–Crippen MR) is 102 cm³/mol. The van der Waals surface area contributed by atoms with Crippen LogP contribution in [0, 0.1) is 12.8 Å². The van der Waals surface area contributed by atoms with Gasteiger partial charge in [0.15, 0.2) is 18.1 Å². The number of morpholine rings is 1. The van der Waals surface area contributed by atoms with Gasteiger partial charge in [-0.1, -0.05) is 19.9 Å². The molecule has 1 heterocycles. The molecular weight excluding hydrogens is 332 g/mol. The molecule has 1 aliphatic heterocycles. The number of benzene rings is 1. The van der Waals surface area contributed by atoms with Gasteiger partial charge in [0, 0.05) is 25.7 Å². The van der Waals surface area contributed by atoms with Crippen LogP contribution in [0.15, 0.2) is 18.2 Å². The Morgan fingerprint density at radius 1 is 1.27 bits per heavy atom. The van der Waals surface area contributed by atoms with Crippen LogP contribution in [0.1, 0.15) is 25.8 Å². The molecule has 1 unspecified atom stereocenters. The fourth-order valence-corrected chi connectivity index (χ4v) is 3.17. The predicted octanol–water partition coefficient (Wildman–Crippen LogP) is 2.25. The van der Waals surface area contributed by atoms with Crippen LogP contribution in [-0.4, -0.2) is 63.4 Å². The van der Waals surface area contributed by atoms with Gasteiger partial charge in [-0.2, -0.15) is 0 Å². The maximum absolute atomic E-state index is 12.2. The summed E-state index contributed by atoms with van der Waals surface area (Å²) in [5.74, 6) is 1.69. The monoisotopic (exact) mass is 364 g/mol. The normalized spacial score (nSPS) is 16.3. The molecule has 0 saturated carbocycles. The average molecular weight is 364 g/mol. The van der Waals surface area contributed by atoms with Gasteiger partial charge in [-0.3, -0.25) is 9.69 Å². The van der Waals surface area contributed by atoms with Crippen molar-refractivity contribution < 1.29 is 19.0 Å². The van der Waals surface area contributed by atoms with Crippen LogP contribution in [0.5, 0.6) is 11.5 Å². The third-order valence-corrected chi connectivity index (χ3v) is 4.52. The maximum atomic E-state index is 12.2. The van der Waals surface area contributed by atoms with Crippen LogP contribution in [0.3, 0.4) is 0 Å². The number of nitrogens with one attached hydrogen (secondary N) is 1. The summed E-state index contributed by atoms with van der Waals surface area (Å²) in [4.78, 5) is 14.6. The van der Waals surface area contributed by atoms with Crippen molar-refractivity contribution in [3.63, 3.8) is 0 Å². The minimum absolute atomic E-state index is 0.0169. The van der Waals surface area contributed by atoms with Gasteiger partial charge in [-0.15, -0.1) is 0 Å². The number of aryl methyl sites for hydroxylation is 1. The smallest absolute Gasteiger partial charge is 0.257 e. The number of amides is 1. The number of ether oxygens (including phenoxy) is 3. The molecule has 1 aliphatic rings. The first-order valence-corrected chi connectivity index (χ1v) is 9.35. The zero-order chi connectivity index (χ0) is 18.9. The molecule has 0 bridgehead atoms. The lowest BCUT2D eigenvalue weighted by molar-refractivity contribution is -0.123. The minimum atomic E-state index is -0.116. The van der Waals surface area contributed by atoms with Crippen LogP contribution in [-0.2, 0) is 9.53 Å². The largest absolute Gasteiger partial charge is 0.493 e. The van der Waals surface area contributed by atoms with Crippen molar-refractivity contribution in [3.8, 4) is 11.5 Å². The van der Waals surface area contributed by atoms with E-state index in [1.165, 1.54) is 0 Å². The second-order valence-corrected chi connectivity index (χ2v) is 7.18. The van der Waals surface area contributed by atoms with E-state index in [4.69, 9.17) is 14.2 Å². The second kappa shape index (κ2) is 10.4. The zero-order valence-electron chi connectivity index (χ0n) is 16.4. The van der Waals surface area contributed by atoms with E-state index in [1.807, 2.05) is 25.1 Å². The van der Waals surface area contributed by atoms with E-state index in [0.717, 1.165) is 38.3 Å². The number of carbonyl (C=O) groups is 1. The standard InChI is InChI=1S/C20H32N2O4/c1-15(2)11-17(22-7-9-25-10-8-22)13-21-20(23)14-26-18-6-5-16(3)12-19(18)24-4/h5-6,12,15,17H,7-11,13-14H2,1-4H3,(H,21,23). The summed E-state index contributed by atoms with van der Waals surface area (Å²) >= 11 is 0. The molecule has 1 N–H and O–H groups in total. The van der Waals surface area contributed by atoms with Gasteiger partial charge in [0.2, 0.25) is 0 Å². The number of methoxy groups -OCH3 is 1. The Kier molecular flexibility index (Phi) is 8.19. The lowest BCUT2D eigenvalue weighted by atomic mass is 10.0. The third-order valence-electron chi connectivity index (χ3n) is 4.52. The first-order chi connectivity index (χ1) is 12.5. The molecule has 0 aromatic heterocycles. The van der Waals surface area contributed by atoms with Crippen LogP contribution in [0.25, 0.3) is 0 Å². The number of hydrogen-bond donors (Lipinski definition) is 1. The van der Waals surface area contributed by atoms with Crippen molar-refractivity contribution >= 4 is 5.91 Å². The highest BCUT2D eigenvalue weighted by Crippen LogP contribution is 2.27. The van der Waals surface area contributed by atoms with Crippen LogP contribution in [0.4, 0.5) is 0 Å². The first-order valence-electron chi connectivity index (χ1n) is 9.35. The Labute approximate surface area is 156 Å². The molecule has 1 aromatic rings. The SMILES string of the molecule is COc1cc(C)ccc1OCC(=O)NCC(CC(C)C)N1CCOCC1. The molecule has 0 spiro atoms. The number of carbonyl (C=O) groups excluding carboxylic acids is 1. The molecule has 2 rings (SSSR count). The Morgan fingerprint density at radius 2 is 2.00 bits per heavy atom. The van der Waals surface area contributed by atoms with Crippen molar-refractivity contribution in [2.45, 2.75) is 33.2 Å². The number of nitrogens with zero attached hydrogens (tertiary/aromatic N) is 1. The summed E-state index contributed by atoms with van der Waals surface area (Å²) in [6.45, 7) is 10.4. The summed E-state index contributed by atoms with van der Waals surface area (Å²) in [6, 6.07) is 5.99. The van der Waals surface area contributed by atoms with E-state index >= 15 is 0 Å². The van der Waals surface area contributed by atoms with Crippen LogP contribution in [0.2, 0.25) is 0 Å². The molecule has 0 radical (unpaired) electrons. The summed E-state index contributed by atoms with van der Waals surface area (Å²) in [7, 11) is 1.60. The summed E-state index contributed by atoms with van der Waals surface area (Å²) in [5, 5.41) is 3.02. The lowest BCUT2D eigenvalue weighted by Crippen LogP contribution is -2.49. The topological polar surface area (TPSA) is 60.0 Å². The second-order valence-electron chi connectivity index (χ2n) is 7.18. The van der Waals surface area contributed by atoms with Gasteiger partial charge in [-0.05, 0) is 37.0 Å². The highest BCUT2D eigenvalue weighted by molar-refractivity contribution is 5.77. The average Bonchev–Trinajstić information content (AvgIpc) is 2.64. The fourth-order valence-electron chi connectivity index (χ4n) is 3.17. The van der Waals surface area contributed by atoms with E-state index in [0.29, 0.717) is 30.0 Å². The highest BCUT2D eigenvalue weighted by Gasteiger charge is 2.22. The van der Waals surface area contributed by atoms with Gasteiger partial charge >= 0.3 is 0 Å². The Bertz CT molecular complexity index is 571. The maximum Gasteiger partial charge on any atom is 0.257 e. The van der Waals surface area contributed by atoms with E-state index in [1.54, 1.807) is 7.11 Å². The van der Waals surface area contributed by atoms with E-state index in [-0.39, 0.29) is 12.5 Å². The fraction of sp³-hybridized carbons (Fsp3) is 0.650. The summed E-state index contributed by atoms with van der Waals surface area (Å²) in [6.07, 6.45) is 1.05. The molecule has 1 amide bonds. The Hall–Kier alpha value is -1.79. The highest BCUT2D eigenvalue weighted by atomic mass is 16.5. The van der Waals surface area contributed by atoms with E-state index in [2.05, 4.69) is 24.1 Å². The zero-order valence-corrected chi connectivity index (χ0v) is 16.4. The van der Waals surface area contributed by atoms with Gasteiger partial charge in [-0.25, -0.2) is 0 Å². The van der Waals surface area contributed by atoms with Gasteiger partial charge in [0.05, 0.1) is 20.3 Å². The molecule has 146 valence electrons.